The fourth-order valence-electron chi connectivity index (χ4n) is 0.931. The van der Waals surface area contributed by atoms with Crippen molar-refractivity contribution >= 4 is 12.0 Å². The minimum Gasteiger partial charge on any atom is -0.303 e. The highest BCUT2D eigenvalue weighted by Crippen LogP contribution is 2.17. The molecule has 2 heteroatoms. The van der Waals surface area contributed by atoms with Crippen LogP contribution >= 0.6 is 0 Å². The highest BCUT2D eigenvalue weighted by atomic mass is 16.1. The summed E-state index contributed by atoms with van der Waals surface area (Å²) in [5.74, 6) is -0.0789. The zero-order chi connectivity index (χ0) is 8.97. The predicted octanol–water partition coefficient (Wildman–Crippen LogP) is 2.54. The van der Waals surface area contributed by atoms with E-state index in [1.807, 2.05) is 19.1 Å². The lowest BCUT2D eigenvalue weighted by molar-refractivity contribution is -0.108. The number of nitrogens with zero attached hydrogens (tertiary/aromatic N) is 1. The van der Waals surface area contributed by atoms with E-state index in [2.05, 4.69) is 4.85 Å². The normalized spacial score (nSPS) is 11.7. The molecule has 0 aliphatic carbocycles. The van der Waals surface area contributed by atoms with Gasteiger partial charge in [0.15, 0.2) is 5.69 Å². The van der Waals surface area contributed by atoms with Gasteiger partial charge >= 0.3 is 0 Å². The first-order valence-corrected chi connectivity index (χ1v) is 3.70. The summed E-state index contributed by atoms with van der Waals surface area (Å²) in [6.07, 6.45) is 0.896. The van der Waals surface area contributed by atoms with Gasteiger partial charge in [-0.3, -0.25) is 0 Å². The maximum Gasteiger partial charge on any atom is 0.187 e. The number of aldehydes is 1. The van der Waals surface area contributed by atoms with Crippen molar-refractivity contribution in [3.05, 3.63) is 41.2 Å². The van der Waals surface area contributed by atoms with Gasteiger partial charge in [-0.2, -0.15) is 0 Å². The number of rotatable bonds is 2. The number of carbonyl (C=O) groups is 1. The van der Waals surface area contributed by atoms with Crippen LogP contribution in [0.5, 0.6) is 0 Å². The Labute approximate surface area is 71.7 Å². The fourth-order valence-corrected chi connectivity index (χ4v) is 0.931. The smallest absolute Gasteiger partial charge is 0.187 e. The molecule has 1 unspecified atom stereocenters. The van der Waals surface area contributed by atoms with Gasteiger partial charge in [0.25, 0.3) is 0 Å². The molecule has 0 aromatic heterocycles. The molecule has 0 N–H and O–H groups in total. The van der Waals surface area contributed by atoms with E-state index in [1.54, 1.807) is 12.1 Å². The van der Waals surface area contributed by atoms with Crippen molar-refractivity contribution in [2.75, 3.05) is 0 Å². The summed E-state index contributed by atoms with van der Waals surface area (Å²) in [7, 11) is 0. The van der Waals surface area contributed by atoms with E-state index in [0.717, 1.165) is 11.8 Å². The van der Waals surface area contributed by atoms with Crippen LogP contribution in [0.4, 0.5) is 5.69 Å². The van der Waals surface area contributed by atoms with Crippen LogP contribution in [0.25, 0.3) is 4.85 Å². The molecule has 0 fully saturated rings. The number of carbonyl (C=O) groups excluding carboxylic acids is 1. The molecule has 1 aromatic rings. The zero-order valence-electron chi connectivity index (χ0n) is 6.82. The molecule has 12 heavy (non-hydrogen) atoms. The summed E-state index contributed by atoms with van der Waals surface area (Å²) >= 11 is 0. The van der Waals surface area contributed by atoms with Crippen molar-refractivity contribution < 1.29 is 4.79 Å². The second-order valence-electron chi connectivity index (χ2n) is 2.63. The molecular weight excluding hydrogens is 150 g/mol. The maximum atomic E-state index is 10.4. The first-order valence-electron chi connectivity index (χ1n) is 3.70. The van der Waals surface area contributed by atoms with Gasteiger partial charge in [-0.25, -0.2) is 4.85 Å². The van der Waals surface area contributed by atoms with E-state index < -0.39 is 0 Å². The number of hydrogen-bond donors (Lipinski definition) is 0. The molecule has 0 radical (unpaired) electrons. The van der Waals surface area contributed by atoms with Gasteiger partial charge in [-0.1, -0.05) is 31.2 Å². The molecule has 0 spiro atoms. The summed E-state index contributed by atoms with van der Waals surface area (Å²) in [6, 6.07) is 7.07. The van der Waals surface area contributed by atoms with Gasteiger partial charge in [-0.15, -0.1) is 0 Å². The van der Waals surface area contributed by atoms with Gasteiger partial charge < -0.3 is 4.79 Å². The van der Waals surface area contributed by atoms with Gasteiger partial charge in [0, 0.05) is 5.92 Å². The molecule has 1 atom stereocenters. The molecule has 1 aromatic carbocycles. The lowest BCUT2D eigenvalue weighted by Crippen LogP contribution is -1.92. The Morgan fingerprint density at radius 3 is 2.42 bits per heavy atom. The highest BCUT2D eigenvalue weighted by Gasteiger charge is 2.01. The molecule has 0 aliphatic heterocycles. The Hall–Kier alpha value is -1.62. The lowest BCUT2D eigenvalue weighted by Gasteiger charge is -2.02. The van der Waals surface area contributed by atoms with Gasteiger partial charge in [0.2, 0.25) is 0 Å². The van der Waals surface area contributed by atoms with Crippen molar-refractivity contribution in [2.45, 2.75) is 12.8 Å². The Balaban J connectivity index is 2.93. The van der Waals surface area contributed by atoms with E-state index in [-0.39, 0.29) is 5.92 Å². The summed E-state index contributed by atoms with van der Waals surface area (Å²) < 4.78 is 0. The van der Waals surface area contributed by atoms with E-state index >= 15 is 0 Å². The Bertz CT molecular complexity index is 308. The molecule has 0 saturated carbocycles. The SMILES string of the molecule is [C-]#[N+]c1ccc(C(C)C=O)cc1. The van der Waals surface area contributed by atoms with Crippen LogP contribution in [0.1, 0.15) is 18.4 Å². The second-order valence-corrected chi connectivity index (χ2v) is 2.63. The predicted molar refractivity (Wildman–Crippen MR) is 47.2 cm³/mol. The van der Waals surface area contributed by atoms with Gasteiger partial charge in [-0.05, 0) is 5.56 Å². The largest absolute Gasteiger partial charge is 0.303 e. The molecule has 0 aliphatic rings. The minimum atomic E-state index is -0.0789. The van der Waals surface area contributed by atoms with E-state index in [1.165, 1.54) is 0 Å². The molecule has 2 nitrogen and oxygen atoms in total. The van der Waals surface area contributed by atoms with Crippen molar-refractivity contribution in [3.8, 4) is 0 Å². The topological polar surface area (TPSA) is 21.4 Å². The molecule has 0 amide bonds. The molecule has 60 valence electrons. The Morgan fingerprint density at radius 1 is 1.42 bits per heavy atom. The monoisotopic (exact) mass is 159 g/mol. The first-order chi connectivity index (χ1) is 5.77. The molecular formula is C10H9NO. The average molecular weight is 159 g/mol. The van der Waals surface area contributed by atoms with Gasteiger partial charge in [0.1, 0.15) is 6.29 Å². The third kappa shape index (κ3) is 1.70. The minimum absolute atomic E-state index is 0.0789. The molecule has 0 saturated heterocycles. The van der Waals surface area contributed by atoms with Crippen LogP contribution in [0.3, 0.4) is 0 Å². The number of hydrogen-bond acceptors (Lipinski definition) is 1. The highest BCUT2D eigenvalue weighted by molar-refractivity contribution is 5.62. The van der Waals surface area contributed by atoms with Crippen LogP contribution in [-0.4, -0.2) is 6.29 Å². The van der Waals surface area contributed by atoms with E-state index in [9.17, 15) is 4.79 Å². The lowest BCUT2D eigenvalue weighted by atomic mass is 10.0. The second kappa shape index (κ2) is 3.68. The fraction of sp³-hybridized carbons (Fsp3) is 0.200. The van der Waals surface area contributed by atoms with Crippen LogP contribution in [0.2, 0.25) is 0 Å². The van der Waals surface area contributed by atoms with E-state index in [0.29, 0.717) is 5.69 Å². The quantitative estimate of drug-likeness (QED) is 0.480. The number of benzene rings is 1. The third-order valence-electron chi connectivity index (χ3n) is 1.75. The summed E-state index contributed by atoms with van der Waals surface area (Å²) in [4.78, 5) is 13.7. The summed E-state index contributed by atoms with van der Waals surface area (Å²) in [6.45, 7) is 8.56. The Morgan fingerprint density at radius 2 is 2.00 bits per heavy atom. The summed E-state index contributed by atoms with van der Waals surface area (Å²) in [5.41, 5.74) is 1.56. The van der Waals surface area contributed by atoms with Crippen LogP contribution in [0, 0.1) is 6.57 Å². The first kappa shape index (κ1) is 8.48. The van der Waals surface area contributed by atoms with Crippen molar-refractivity contribution in [3.63, 3.8) is 0 Å². The zero-order valence-corrected chi connectivity index (χ0v) is 6.82. The molecule has 0 bridgehead atoms. The van der Waals surface area contributed by atoms with E-state index in [4.69, 9.17) is 6.57 Å². The van der Waals surface area contributed by atoms with Crippen LogP contribution in [-0.2, 0) is 4.79 Å². The molecule has 0 heterocycles. The summed E-state index contributed by atoms with van der Waals surface area (Å²) in [5, 5.41) is 0. The average Bonchev–Trinajstić information content (AvgIpc) is 2.17. The van der Waals surface area contributed by atoms with Crippen LogP contribution < -0.4 is 0 Å². The third-order valence-corrected chi connectivity index (χ3v) is 1.75. The van der Waals surface area contributed by atoms with Crippen molar-refractivity contribution in [1.82, 2.24) is 0 Å². The Kier molecular flexibility index (Phi) is 2.60. The van der Waals surface area contributed by atoms with Crippen molar-refractivity contribution in [1.29, 1.82) is 0 Å². The standard InChI is InChI=1S/C10H9NO/c1-8(7-12)9-3-5-10(11-2)6-4-9/h3-8H,1H3. The van der Waals surface area contributed by atoms with Crippen molar-refractivity contribution in [2.24, 2.45) is 0 Å². The van der Waals surface area contributed by atoms with Gasteiger partial charge in [0.05, 0.1) is 6.57 Å². The van der Waals surface area contributed by atoms with Crippen LogP contribution in [0.15, 0.2) is 24.3 Å². The maximum absolute atomic E-state index is 10.4. The molecule has 1 rings (SSSR count).